The fourth-order valence-corrected chi connectivity index (χ4v) is 1.57. The molecule has 0 heterocycles. The van der Waals surface area contributed by atoms with E-state index in [1.165, 1.54) is 0 Å². The Balaban J connectivity index is 2.63. The smallest absolute Gasteiger partial charge is 0.125 e. The Bertz CT molecular complexity index is 349. The maximum absolute atomic E-state index is 10.2. The molecule has 0 aliphatic rings. The second-order valence-corrected chi connectivity index (χ2v) is 4.77. The zero-order valence-corrected chi connectivity index (χ0v) is 11.7. The monoisotopic (exact) mass is 252 g/mol. The van der Waals surface area contributed by atoms with E-state index in [9.17, 15) is 5.11 Å². The molecule has 1 aromatic carbocycles. The van der Waals surface area contributed by atoms with Gasteiger partial charge in [0.15, 0.2) is 0 Å². The van der Waals surface area contributed by atoms with Crippen molar-refractivity contribution in [1.29, 1.82) is 0 Å². The van der Waals surface area contributed by atoms with Crippen LogP contribution in [0.25, 0.3) is 0 Å². The average molecular weight is 252 g/mol. The van der Waals surface area contributed by atoms with Crippen LogP contribution in [0.1, 0.15) is 39.4 Å². The summed E-state index contributed by atoms with van der Waals surface area (Å²) in [6.45, 7) is 9.04. The molecule has 0 aromatic heterocycles. The number of para-hydroxylation sites is 1. The highest BCUT2D eigenvalue weighted by Gasteiger charge is 2.15. The van der Waals surface area contributed by atoms with Crippen LogP contribution in [0, 0.1) is 5.92 Å². The number of aliphatic hydroxyl groups is 1. The SMILES string of the molecule is CCOc1ccccc1C(O)COC(C)C(C)C. The quantitative estimate of drug-likeness (QED) is 0.810. The molecule has 0 radical (unpaired) electrons. The fourth-order valence-electron chi connectivity index (χ4n) is 1.57. The Morgan fingerprint density at radius 3 is 2.44 bits per heavy atom. The molecular formula is C15H24O3. The van der Waals surface area contributed by atoms with E-state index < -0.39 is 6.10 Å². The molecule has 0 saturated heterocycles. The lowest BCUT2D eigenvalue weighted by molar-refractivity contribution is -0.0213. The van der Waals surface area contributed by atoms with Gasteiger partial charge in [-0.15, -0.1) is 0 Å². The van der Waals surface area contributed by atoms with Gasteiger partial charge in [-0.05, 0) is 25.8 Å². The van der Waals surface area contributed by atoms with Crippen LogP contribution in [0.3, 0.4) is 0 Å². The number of benzene rings is 1. The molecule has 0 fully saturated rings. The number of hydrogen-bond donors (Lipinski definition) is 1. The highest BCUT2D eigenvalue weighted by molar-refractivity contribution is 5.35. The lowest BCUT2D eigenvalue weighted by Gasteiger charge is -2.20. The van der Waals surface area contributed by atoms with E-state index in [1.54, 1.807) is 0 Å². The van der Waals surface area contributed by atoms with Gasteiger partial charge in [0.25, 0.3) is 0 Å². The number of ether oxygens (including phenoxy) is 2. The summed E-state index contributed by atoms with van der Waals surface area (Å²) in [5.74, 6) is 1.17. The Kier molecular flexibility index (Phi) is 6.16. The predicted octanol–water partition coefficient (Wildman–Crippen LogP) is 3.18. The highest BCUT2D eigenvalue weighted by atomic mass is 16.5. The first-order chi connectivity index (χ1) is 8.56. The summed E-state index contributed by atoms with van der Waals surface area (Å²) in [4.78, 5) is 0. The molecule has 18 heavy (non-hydrogen) atoms. The van der Waals surface area contributed by atoms with Crippen molar-refractivity contribution in [2.45, 2.75) is 39.9 Å². The van der Waals surface area contributed by atoms with Crippen molar-refractivity contribution in [3.63, 3.8) is 0 Å². The summed E-state index contributed by atoms with van der Waals surface area (Å²) < 4.78 is 11.1. The van der Waals surface area contributed by atoms with Crippen molar-refractivity contribution in [1.82, 2.24) is 0 Å². The van der Waals surface area contributed by atoms with Gasteiger partial charge in [0.2, 0.25) is 0 Å². The molecule has 0 bridgehead atoms. The van der Waals surface area contributed by atoms with Crippen LogP contribution in [0.2, 0.25) is 0 Å². The molecule has 2 atom stereocenters. The van der Waals surface area contributed by atoms with Gasteiger partial charge >= 0.3 is 0 Å². The van der Waals surface area contributed by atoms with Gasteiger partial charge in [0.05, 0.1) is 19.3 Å². The summed E-state index contributed by atoms with van der Waals surface area (Å²) in [6, 6.07) is 7.54. The van der Waals surface area contributed by atoms with Crippen LogP contribution in [0.5, 0.6) is 5.75 Å². The van der Waals surface area contributed by atoms with Crippen molar-refractivity contribution in [2.24, 2.45) is 5.92 Å². The van der Waals surface area contributed by atoms with Crippen LogP contribution in [0.15, 0.2) is 24.3 Å². The molecule has 0 aliphatic carbocycles. The Morgan fingerprint density at radius 1 is 1.17 bits per heavy atom. The van der Waals surface area contributed by atoms with Crippen molar-refractivity contribution < 1.29 is 14.6 Å². The topological polar surface area (TPSA) is 38.7 Å². The minimum absolute atomic E-state index is 0.138. The van der Waals surface area contributed by atoms with Crippen molar-refractivity contribution >= 4 is 0 Å². The Hall–Kier alpha value is -1.06. The summed E-state index contributed by atoms with van der Waals surface area (Å²) >= 11 is 0. The first-order valence-corrected chi connectivity index (χ1v) is 6.57. The normalized spacial score (nSPS) is 14.6. The van der Waals surface area contributed by atoms with Gasteiger partial charge in [-0.1, -0.05) is 32.0 Å². The largest absolute Gasteiger partial charge is 0.493 e. The van der Waals surface area contributed by atoms with Crippen molar-refractivity contribution in [3.8, 4) is 5.75 Å². The van der Waals surface area contributed by atoms with E-state index in [4.69, 9.17) is 9.47 Å². The van der Waals surface area contributed by atoms with Gasteiger partial charge in [-0.3, -0.25) is 0 Å². The number of aliphatic hydroxyl groups excluding tert-OH is 1. The molecule has 3 nitrogen and oxygen atoms in total. The molecule has 0 saturated carbocycles. The average Bonchev–Trinajstić information content (AvgIpc) is 2.36. The van der Waals surface area contributed by atoms with Crippen LogP contribution < -0.4 is 4.74 Å². The van der Waals surface area contributed by atoms with Crippen molar-refractivity contribution in [3.05, 3.63) is 29.8 Å². The van der Waals surface area contributed by atoms with E-state index in [2.05, 4.69) is 13.8 Å². The van der Waals surface area contributed by atoms with Gasteiger partial charge in [-0.2, -0.15) is 0 Å². The maximum Gasteiger partial charge on any atom is 0.125 e. The maximum atomic E-state index is 10.2. The number of rotatable bonds is 7. The van der Waals surface area contributed by atoms with E-state index in [0.29, 0.717) is 19.1 Å². The van der Waals surface area contributed by atoms with E-state index in [1.807, 2.05) is 38.1 Å². The molecule has 0 spiro atoms. The lowest BCUT2D eigenvalue weighted by atomic mass is 10.1. The van der Waals surface area contributed by atoms with E-state index >= 15 is 0 Å². The summed E-state index contributed by atoms with van der Waals surface area (Å²) in [6.07, 6.45) is -0.507. The van der Waals surface area contributed by atoms with Crippen molar-refractivity contribution in [2.75, 3.05) is 13.2 Å². The van der Waals surface area contributed by atoms with Crippen LogP contribution in [-0.2, 0) is 4.74 Å². The Morgan fingerprint density at radius 2 is 1.83 bits per heavy atom. The van der Waals surface area contributed by atoms with E-state index in [0.717, 1.165) is 11.3 Å². The zero-order chi connectivity index (χ0) is 13.5. The van der Waals surface area contributed by atoms with Crippen LogP contribution in [-0.4, -0.2) is 24.4 Å². The van der Waals surface area contributed by atoms with E-state index in [-0.39, 0.29) is 6.10 Å². The highest BCUT2D eigenvalue weighted by Crippen LogP contribution is 2.25. The summed E-state index contributed by atoms with van der Waals surface area (Å²) in [5, 5.41) is 10.2. The lowest BCUT2D eigenvalue weighted by Crippen LogP contribution is -2.19. The third kappa shape index (κ3) is 4.31. The second-order valence-electron chi connectivity index (χ2n) is 4.77. The molecule has 1 N–H and O–H groups in total. The van der Waals surface area contributed by atoms with Gasteiger partial charge in [-0.25, -0.2) is 0 Å². The van der Waals surface area contributed by atoms with Gasteiger partial charge in [0, 0.05) is 5.56 Å². The molecule has 1 aromatic rings. The summed E-state index contributed by atoms with van der Waals surface area (Å²) in [7, 11) is 0. The van der Waals surface area contributed by atoms with Gasteiger partial charge in [0.1, 0.15) is 11.9 Å². The minimum atomic E-state index is -0.644. The minimum Gasteiger partial charge on any atom is -0.493 e. The third-order valence-electron chi connectivity index (χ3n) is 3.03. The van der Waals surface area contributed by atoms with Crippen LogP contribution in [0.4, 0.5) is 0 Å². The molecule has 0 amide bonds. The fraction of sp³-hybridized carbons (Fsp3) is 0.600. The molecule has 3 heteroatoms. The standard InChI is InChI=1S/C15H24O3/c1-5-17-15-9-7-6-8-13(15)14(16)10-18-12(4)11(2)3/h6-9,11-12,14,16H,5,10H2,1-4H3. The Labute approximate surface area is 110 Å². The number of hydrogen-bond acceptors (Lipinski definition) is 3. The molecule has 1 rings (SSSR count). The second kappa shape index (κ2) is 7.39. The zero-order valence-electron chi connectivity index (χ0n) is 11.7. The molecule has 102 valence electrons. The predicted molar refractivity (Wildman–Crippen MR) is 72.8 cm³/mol. The summed E-state index contributed by atoms with van der Waals surface area (Å²) in [5.41, 5.74) is 0.787. The molecule has 2 unspecified atom stereocenters. The molecular weight excluding hydrogens is 228 g/mol. The third-order valence-corrected chi connectivity index (χ3v) is 3.03. The van der Waals surface area contributed by atoms with Gasteiger partial charge < -0.3 is 14.6 Å². The van der Waals surface area contributed by atoms with Crippen LogP contribution >= 0.6 is 0 Å². The molecule has 0 aliphatic heterocycles. The first kappa shape index (κ1) is 15.0. The first-order valence-electron chi connectivity index (χ1n) is 6.57.